The lowest BCUT2D eigenvalue weighted by Gasteiger charge is -2.18. The maximum Gasteiger partial charge on any atom is 0.155 e. The minimum Gasteiger partial charge on any atom is -0.157 e. The van der Waals surface area contributed by atoms with Crippen molar-refractivity contribution in [3.8, 4) is 0 Å². The smallest absolute Gasteiger partial charge is 0.155 e. The summed E-state index contributed by atoms with van der Waals surface area (Å²) in [6, 6.07) is 0. The van der Waals surface area contributed by atoms with Crippen LogP contribution in [0, 0.1) is 0 Å². The van der Waals surface area contributed by atoms with Crippen molar-refractivity contribution in [3.63, 3.8) is 0 Å². The molecule has 1 aromatic heterocycles. The molecule has 0 aromatic carbocycles. The van der Waals surface area contributed by atoms with E-state index in [1.165, 1.54) is 11.1 Å². The molecule has 1 aliphatic rings. The molecule has 0 atom stereocenters. The Labute approximate surface area is 77.0 Å². The van der Waals surface area contributed by atoms with Crippen molar-refractivity contribution < 1.29 is 0 Å². The maximum absolute atomic E-state index is 5.98. The number of aryl methyl sites for hydroxylation is 1. The number of nitrogens with zero attached hydrogens (tertiary/aromatic N) is 2. The molecular weight excluding hydrogens is 172 g/mol. The van der Waals surface area contributed by atoms with Gasteiger partial charge in [0.1, 0.15) is 0 Å². The summed E-state index contributed by atoms with van der Waals surface area (Å²) < 4.78 is 0. The van der Waals surface area contributed by atoms with Crippen molar-refractivity contribution in [3.05, 3.63) is 22.5 Å². The molecule has 0 saturated carbocycles. The van der Waals surface area contributed by atoms with Gasteiger partial charge in [-0.25, -0.2) is 0 Å². The SMILES string of the molecule is CC1(C)CCc2cnnc(Cl)c21. The molecule has 3 heteroatoms. The lowest BCUT2D eigenvalue weighted by Crippen LogP contribution is -2.13. The molecule has 0 amide bonds. The Morgan fingerprint density at radius 2 is 2.25 bits per heavy atom. The van der Waals surface area contributed by atoms with Crippen molar-refractivity contribution in [2.75, 3.05) is 0 Å². The third-order valence-electron chi connectivity index (χ3n) is 2.58. The average molecular weight is 183 g/mol. The van der Waals surface area contributed by atoms with Gasteiger partial charge in [-0.15, -0.1) is 5.10 Å². The summed E-state index contributed by atoms with van der Waals surface area (Å²) in [6.45, 7) is 4.40. The Balaban J connectivity index is 2.64. The molecule has 1 aliphatic carbocycles. The molecule has 0 N–H and O–H groups in total. The summed E-state index contributed by atoms with van der Waals surface area (Å²) >= 11 is 5.98. The third-order valence-corrected chi connectivity index (χ3v) is 2.85. The van der Waals surface area contributed by atoms with Crippen molar-refractivity contribution in [2.24, 2.45) is 0 Å². The number of rotatable bonds is 0. The Morgan fingerprint density at radius 3 is 2.92 bits per heavy atom. The first-order valence-electron chi connectivity index (χ1n) is 4.12. The highest BCUT2D eigenvalue weighted by atomic mass is 35.5. The predicted molar refractivity (Wildman–Crippen MR) is 48.4 cm³/mol. The lowest BCUT2D eigenvalue weighted by atomic mass is 9.88. The molecule has 0 aliphatic heterocycles. The van der Waals surface area contributed by atoms with Crippen LogP contribution in [-0.2, 0) is 11.8 Å². The van der Waals surface area contributed by atoms with Gasteiger partial charge in [0.25, 0.3) is 0 Å². The van der Waals surface area contributed by atoms with Crippen LogP contribution in [0.15, 0.2) is 6.20 Å². The quantitative estimate of drug-likeness (QED) is 0.616. The van der Waals surface area contributed by atoms with Gasteiger partial charge in [-0.05, 0) is 23.8 Å². The molecule has 0 saturated heterocycles. The number of aromatic nitrogens is 2. The van der Waals surface area contributed by atoms with E-state index in [1.807, 2.05) is 6.20 Å². The van der Waals surface area contributed by atoms with Gasteiger partial charge in [-0.3, -0.25) is 0 Å². The fourth-order valence-corrected chi connectivity index (χ4v) is 2.29. The van der Waals surface area contributed by atoms with Crippen LogP contribution in [0.2, 0.25) is 5.15 Å². The second kappa shape index (κ2) is 2.43. The third kappa shape index (κ3) is 1.02. The molecular formula is C9H11ClN2. The van der Waals surface area contributed by atoms with E-state index in [2.05, 4.69) is 24.0 Å². The molecule has 12 heavy (non-hydrogen) atoms. The zero-order valence-corrected chi connectivity index (χ0v) is 8.02. The fourth-order valence-electron chi connectivity index (χ4n) is 1.87. The topological polar surface area (TPSA) is 25.8 Å². The van der Waals surface area contributed by atoms with Crippen LogP contribution in [0.4, 0.5) is 0 Å². The Kier molecular flexibility index (Phi) is 1.62. The van der Waals surface area contributed by atoms with Gasteiger partial charge < -0.3 is 0 Å². The Morgan fingerprint density at radius 1 is 1.50 bits per heavy atom. The van der Waals surface area contributed by atoms with Gasteiger partial charge >= 0.3 is 0 Å². The van der Waals surface area contributed by atoms with Crippen LogP contribution >= 0.6 is 11.6 Å². The summed E-state index contributed by atoms with van der Waals surface area (Å²) in [5.74, 6) is 0. The van der Waals surface area contributed by atoms with Gasteiger partial charge in [-0.2, -0.15) is 5.10 Å². The summed E-state index contributed by atoms with van der Waals surface area (Å²) in [5.41, 5.74) is 2.64. The molecule has 0 fully saturated rings. The van der Waals surface area contributed by atoms with Gasteiger partial charge in [0, 0.05) is 5.56 Å². The molecule has 1 heterocycles. The van der Waals surface area contributed by atoms with Crippen LogP contribution in [0.3, 0.4) is 0 Å². The van der Waals surface area contributed by atoms with Crippen molar-refractivity contribution in [1.82, 2.24) is 10.2 Å². The number of hydrogen-bond donors (Lipinski definition) is 0. The standard InChI is InChI=1S/C9H11ClN2/c1-9(2)4-3-6-5-11-12-8(10)7(6)9/h5H,3-4H2,1-2H3. The molecule has 2 rings (SSSR count). The second-order valence-corrected chi connectivity index (χ2v) is 4.28. The van der Waals surface area contributed by atoms with Crippen LogP contribution in [0.1, 0.15) is 31.4 Å². The first kappa shape index (κ1) is 7.99. The average Bonchev–Trinajstić information content (AvgIpc) is 2.29. The van der Waals surface area contributed by atoms with E-state index >= 15 is 0 Å². The minimum absolute atomic E-state index is 0.183. The number of fused-ring (bicyclic) bond motifs is 1. The van der Waals surface area contributed by atoms with Gasteiger partial charge in [0.2, 0.25) is 0 Å². The normalized spacial score (nSPS) is 19.2. The zero-order chi connectivity index (χ0) is 8.77. The highest BCUT2D eigenvalue weighted by molar-refractivity contribution is 6.30. The predicted octanol–water partition coefficient (Wildman–Crippen LogP) is 2.35. The Hall–Kier alpha value is -0.630. The van der Waals surface area contributed by atoms with E-state index in [-0.39, 0.29) is 5.41 Å². The van der Waals surface area contributed by atoms with Crippen molar-refractivity contribution >= 4 is 11.6 Å². The first-order chi connectivity index (χ1) is 5.61. The van der Waals surface area contributed by atoms with Crippen LogP contribution < -0.4 is 0 Å². The van der Waals surface area contributed by atoms with E-state index in [4.69, 9.17) is 11.6 Å². The van der Waals surface area contributed by atoms with Crippen LogP contribution in [-0.4, -0.2) is 10.2 Å². The van der Waals surface area contributed by atoms with Gasteiger partial charge in [0.05, 0.1) is 6.20 Å². The van der Waals surface area contributed by atoms with E-state index in [0.717, 1.165) is 12.8 Å². The van der Waals surface area contributed by atoms with Crippen LogP contribution in [0.25, 0.3) is 0 Å². The molecule has 64 valence electrons. The molecule has 2 nitrogen and oxygen atoms in total. The first-order valence-corrected chi connectivity index (χ1v) is 4.49. The minimum atomic E-state index is 0.183. The van der Waals surface area contributed by atoms with Gasteiger partial charge in [-0.1, -0.05) is 25.4 Å². The second-order valence-electron chi connectivity index (χ2n) is 3.92. The summed E-state index contributed by atoms with van der Waals surface area (Å²) in [6.07, 6.45) is 4.06. The van der Waals surface area contributed by atoms with E-state index in [0.29, 0.717) is 5.15 Å². The van der Waals surface area contributed by atoms with Crippen molar-refractivity contribution in [1.29, 1.82) is 0 Å². The van der Waals surface area contributed by atoms with E-state index < -0.39 is 0 Å². The number of hydrogen-bond acceptors (Lipinski definition) is 2. The summed E-state index contributed by atoms with van der Waals surface area (Å²) in [7, 11) is 0. The lowest BCUT2D eigenvalue weighted by molar-refractivity contribution is 0.521. The van der Waals surface area contributed by atoms with Gasteiger partial charge in [0.15, 0.2) is 5.15 Å². The molecule has 0 unspecified atom stereocenters. The highest BCUT2D eigenvalue weighted by Gasteiger charge is 2.32. The van der Waals surface area contributed by atoms with E-state index in [9.17, 15) is 0 Å². The van der Waals surface area contributed by atoms with Crippen LogP contribution in [0.5, 0.6) is 0 Å². The van der Waals surface area contributed by atoms with Crippen molar-refractivity contribution in [2.45, 2.75) is 32.1 Å². The number of halogens is 1. The largest absolute Gasteiger partial charge is 0.157 e. The fraction of sp³-hybridized carbons (Fsp3) is 0.556. The molecule has 0 spiro atoms. The zero-order valence-electron chi connectivity index (χ0n) is 7.26. The summed E-state index contributed by atoms with van der Waals surface area (Å²) in [5, 5.41) is 8.28. The molecule has 0 bridgehead atoms. The Bertz CT molecular complexity index is 320. The summed E-state index contributed by atoms with van der Waals surface area (Å²) in [4.78, 5) is 0. The maximum atomic E-state index is 5.98. The molecule has 1 aromatic rings. The molecule has 0 radical (unpaired) electrons. The monoisotopic (exact) mass is 182 g/mol. The van der Waals surface area contributed by atoms with E-state index in [1.54, 1.807) is 0 Å². The highest BCUT2D eigenvalue weighted by Crippen LogP contribution is 2.40.